The molecular formula is C16H21N3. The van der Waals surface area contributed by atoms with Crippen molar-refractivity contribution in [2.24, 2.45) is 0 Å². The molecule has 1 heterocycles. The van der Waals surface area contributed by atoms with Crippen molar-refractivity contribution in [1.29, 1.82) is 0 Å². The molecule has 2 rings (SSSR count). The number of nitrogens with one attached hydrogen (secondary N) is 2. The molecule has 0 saturated heterocycles. The second kappa shape index (κ2) is 6.78. The number of nitrogens with zero attached hydrogens (tertiary/aromatic N) is 1. The van der Waals surface area contributed by atoms with Gasteiger partial charge in [-0.25, -0.2) is 4.98 Å². The highest BCUT2D eigenvalue weighted by Crippen LogP contribution is 2.11. The fourth-order valence-electron chi connectivity index (χ4n) is 1.90. The van der Waals surface area contributed by atoms with Crippen molar-refractivity contribution in [3.8, 4) is 0 Å². The van der Waals surface area contributed by atoms with E-state index in [9.17, 15) is 0 Å². The molecule has 2 aromatic rings. The molecule has 19 heavy (non-hydrogen) atoms. The van der Waals surface area contributed by atoms with Crippen molar-refractivity contribution in [1.82, 2.24) is 4.98 Å². The number of pyridine rings is 1. The maximum Gasteiger partial charge on any atom is 0.128 e. The van der Waals surface area contributed by atoms with Crippen LogP contribution < -0.4 is 10.6 Å². The lowest BCUT2D eigenvalue weighted by molar-refractivity contribution is 0.968. The summed E-state index contributed by atoms with van der Waals surface area (Å²) in [7, 11) is 0. The fourth-order valence-corrected chi connectivity index (χ4v) is 1.90. The number of hydrogen-bond donors (Lipinski definition) is 2. The molecule has 0 radical (unpaired) electrons. The summed E-state index contributed by atoms with van der Waals surface area (Å²) in [5.74, 6) is 1.83. The third-order valence-corrected chi connectivity index (χ3v) is 2.86. The Morgan fingerprint density at radius 2 is 1.74 bits per heavy atom. The molecule has 0 bridgehead atoms. The minimum atomic E-state index is 0.798. The summed E-state index contributed by atoms with van der Waals surface area (Å²) in [6.07, 6.45) is 1.10. The van der Waals surface area contributed by atoms with E-state index in [1.807, 2.05) is 18.2 Å². The van der Waals surface area contributed by atoms with Crippen LogP contribution in [-0.2, 0) is 6.54 Å². The minimum absolute atomic E-state index is 0.798. The van der Waals surface area contributed by atoms with Gasteiger partial charge in [0.05, 0.1) is 0 Å². The molecule has 0 saturated carbocycles. The van der Waals surface area contributed by atoms with Crippen molar-refractivity contribution in [2.45, 2.75) is 26.8 Å². The van der Waals surface area contributed by atoms with E-state index in [2.05, 4.69) is 53.7 Å². The van der Waals surface area contributed by atoms with E-state index in [4.69, 9.17) is 0 Å². The molecular weight excluding hydrogens is 234 g/mol. The zero-order valence-corrected chi connectivity index (χ0v) is 11.6. The van der Waals surface area contributed by atoms with Crippen LogP contribution in [0.2, 0.25) is 0 Å². The van der Waals surface area contributed by atoms with Gasteiger partial charge in [0.2, 0.25) is 0 Å². The van der Waals surface area contributed by atoms with Gasteiger partial charge in [0, 0.05) is 13.1 Å². The summed E-state index contributed by atoms with van der Waals surface area (Å²) in [6.45, 7) is 6.00. The van der Waals surface area contributed by atoms with Gasteiger partial charge in [-0.3, -0.25) is 0 Å². The summed E-state index contributed by atoms with van der Waals surface area (Å²) in [6, 6.07) is 14.5. The first-order valence-corrected chi connectivity index (χ1v) is 6.78. The Kier molecular flexibility index (Phi) is 4.78. The molecule has 0 spiro atoms. The summed E-state index contributed by atoms with van der Waals surface area (Å²) < 4.78 is 0. The van der Waals surface area contributed by atoms with Crippen LogP contribution in [0, 0.1) is 6.92 Å². The molecule has 0 unspecified atom stereocenters. The monoisotopic (exact) mass is 255 g/mol. The topological polar surface area (TPSA) is 37.0 Å². The molecule has 3 nitrogen and oxygen atoms in total. The predicted octanol–water partition coefficient (Wildman–Crippen LogP) is 3.82. The normalized spacial score (nSPS) is 10.2. The van der Waals surface area contributed by atoms with Crippen LogP contribution in [0.5, 0.6) is 0 Å². The highest BCUT2D eigenvalue weighted by atomic mass is 15.1. The fraction of sp³-hybridized carbons (Fsp3) is 0.312. The Bertz CT molecular complexity index is 523. The molecule has 0 aliphatic heterocycles. The first kappa shape index (κ1) is 13.4. The molecule has 0 aliphatic rings. The number of anilines is 2. The largest absolute Gasteiger partial charge is 0.370 e. The lowest BCUT2D eigenvalue weighted by Crippen LogP contribution is -2.05. The van der Waals surface area contributed by atoms with Gasteiger partial charge in [0.25, 0.3) is 0 Å². The van der Waals surface area contributed by atoms with Gasteiger partial charge in [0.15, 0.2) is 0 Å². The number of benzene rings is 1. The molecule has 1 aromatic carbocycles. The average Bonchev–Trinajstić information content (AvgIpc) is 2.43. The molecule has 3 heteroatoms. The van der Waals surface area contributed by atoms with Gasteiger partial charge in [-0.05, 0) is 31.0 Å². The van der Waals surface area contributed by atoms with E-state index in [0.717, 1.165) is 31.1 Å². The first-order chi connectivity index (χ1) is 9.28. The van der Waals surface area contributed by atoms with Crippen LogP contribution in [0.15, 0.2) is 42.5 Å². The Hall–Kier alpha value is -2.03. The molecule has 0 atom stereocenters. The summed E-state index contributed by atoms with van der Waals surface area (Å²) >= 11 is 0. The van der Waals surface area contributed by atoms with E-state index in [1.54, 1.807) is 0 Å². The molecule has 0 fully saturated rings. The predicted molar refractivity (Wildman–Crippen MR) is 81.5 cm³/mol. The van der Waals surface area contributed by atoms with Crippen LogP contribution in [0.1, 0.15) is 24.5 Å². The minimum Gasteiger partial charge on any atom is -0.370 e. The summed E-state index contributed by atoms with van der Waals surface area (Å²) in [5, 5.41) is 6.64. The second-order valence-corrected chi connectivity index (χ2v) is 4.68. The number of rotatable bonds is 6. The van der Waals surface area contributed by atoms with Gasteiger partial charge in [0.1, 0.15) is 11.6 Å². The second-order valence-electron chi connectivity index (χ2n) is 4.68. The SMILES string of the molecule is CCCNc1cccc(NCc2cccc(C)c2)n1. The lowest BCUT2D eigenvalue weighted by Gasteiger charge is -2.09. The van der Waals surface area contributed by atoms with Gasteiger partial charge >= 0.3 is 0 Å². The molecule has 0 amide bonds. The van der Waals surface area contributed by atoms with E-state index < -0.39 is 0 Å². The van der Waals surface area contributed by atoms with Crippen molar-refractivity contribution in [2.75, 3.05) is 17.2 Å². The Morgan fingerprint density at radius 3 is 2.47 bits per heavy atom. The van der Waals surface area contributed by atoms with E-state index in [-0.39, 0.29) is 0 Å². The number of aryl methyl sites for hydroxylation is 1. The van der Waals surface area contributed by atoms with E-state index in [1.165, 1.54) is 11.1 Å². The highest BCUT2D eigenvalue weighted by molar-refractivity contribution is 5.45. The Labute approximate surface area is 115 Å². The quantitative estimate of drug-likeness (QED) is 0.824. The van der Waals surface area contributed by atoms with Crippen molar-refractivity contribution < 1.29 is 0 Å². The summed E-state index contributed by atoms with van der Waals surface area (Å²) in [4.78, 5) is 4.53. The maximum atomic E-state index is 4.53. The molecule has 100 valence electrons. The molecule has 1 aromatic heterocycles. The zero-order chi connectivity index (χ0) is 13.5. The first-order valence-electron chi connectivity index (χ1n) is 6.78. The van der Waals surface area contributed by atoms with Crippen LogP contribution in [0.25, 0.3) is 0 Å². The third kappa shape index (κ3) is 4.28. The standard InChI is InChI=1S/C16H21N3/c1-3-10-17-15-8-5-9-16(19-15)18-12-14-7-4-6-13(2)11-14/h4-9,11H,3,10,12H2,1-2H3,(H2,17,18,19). The Morgan fingerprint density at radius 1 is 1.00 bits per heavy atom. The van der Waals surface area contributed by atoms with Gasteiger partial charge in [-0.15, -0.1) is 0 Å². The van der Waals surface area contributed by atoms with Gasteiger partial charge in [-0.2, -0.15) is 0 Å². The Balaban J connectivity index is 1.95. The van der Waals surface area contributed by atoms with Crippen molar-refractivity contribution in [3.05, 3.63) is 53.6 Å². The smallest absolute Gasteiger partial charge is 0.128 e. The summed E-state index contributed by atoms with van der Waals surface area (Å²) in [5.41, 5.74) is 2.55. The third-order valence-electron chi connectivity index (χ3n) is 2.86. The highest BCUT2D eigenvalue weighted by Gasteiger charge is 1.98. The number of aromatic nitrogens is 1. The van der Waals surface area contributed by atoms with Crippen molar-refractivity contribution in [3.63, 3.8) is 0 Å². The zero-order valence-electron chi connectivity index (χ0n) is 11.6. The average molecular weight is 255 g/mol. The molecule has 0 aliphatic carbocycles. The number of hydrogen-bond acceptors (Lipinski definition) is 3. The van der Waals surface area contributed by atoms with Crippen LogP contribution >= 0.6 is 0 Å². The van der Waals surface area contributed by atoms with Crippen LogP contribution in [-0.4, -0.2) is 11.5 Å². The molecule has 2 N–H and O–H groups in total. The van der Waals surface area contributed by atoms with Crippen LogP contribution in [0.3, 0.4) is 0 Å². The lowest BCUT2D eigenvalue weighted by atomic mass is 10.1. The maximum absolute atomic E-state index is 4.53. The van der Waals surface area contributed by atoms with E-state index >= 15 is 0 Å². The van der Waals surface area contributed by atoms with E-state index in [0.29, 0.717) is 0 Å². The van der Waals surface area contributed by atoms with Crippen molar-refractivity contribution >= 4 is 11.6 Å². The van der Waals surface area contributed by atoms with Crippen LogP contribution in [0.4, 0.5) is 11.6 Å². The van der Waals surface area contributed by atoms with Gasteiger partial charge in [-0.1, -0.05) is 42.8 Å². The van der Waals surface area contributed by atoms with Gasteiger partial charge < -0.3 is 10.6 Å².